The Morgan fingerprint density at radius 2 is 2.35 bits per heavy atom. The molecule has 17 heavy (non-hydrogen) atoms. The molecule has 5 nitrogen and oxygen atoms in total. The lowest BCUT2D eigenvalue weighted by atomic mass is 9.97. The molecule has 0 fully saturated rings. The van der Waals surface area contributed by atoms with Gasteiger partial charge < -0.3 is 10.5 Å². The van der Waals surface area contributed by atoms with Gasteiger partial charge >= 0.3 is 5.97 Å². The van der Waals surface area contributed by atoms with Crippen LogP contribution in [-0.4, -0.2) is 27.9 Å². The van der Waals surface area contributed by atoms with Gasteiger partial charge in [0.2, 0.25) is 0 Å². The quantitative estimate of drug-likeness (QED) is 0.758. The smallest absolute Gasteiger partial charge is 0.325 e. The minimum atomic E-state index is -0.905. The molecule has 0 aromatic carbocycles. The summed E-state index contributed by atoms with van der Waals surface area (Å²) >= 11 is 0. The summed E-state index contributed by atoms with van der Waals surface area (Å²) in [5.74, 6) is -0.336. The molecular formula is C12H21N3O2. The zero-order chi connectivity index (χ0) is 12.9. The number of hydrogen-bond acceptors (Lipinski definition) is 4. The Morgan fingerprint density at radius 3 is 2.88 bits per heavy atom. The summed E-state index contributed by atoms with van der Waals surface area (Å²) in [6.45, 7) is 6.56. The van der Waals surface area contributed by atoms with Gasteiger partial charge in [0.15, 0.2) is 0 Å². The lowest BCUT2D eigenvalue weighted by molar-refractivity contribution is -0.149. The van der Waals surface area contributed by atoms with E-state index in [0.717, 1.165) is 18.7 Å². The number of aromatic nitrogens is 2. The molecule has 0 aliphatic carbocycles. The van der Waals surface area contributed by atoms with E-state index in [0.29, 0.717) is 13.0 Å². The van der Waals surface area contributed by atoms with Crippen molar-refractivity contribution < 1.29 is 9.53 Å². The first-order valence-electron chi connectivity index (χ1n) is 5.92. The van der Waals surface area contributed by atoms with E-state index in [1.165, 1.54) is 0 Å². The van der Waals surface area contributed by atoms with E-state index >= 15 is 0 Å². The summed E-state index contributed by atoms with van der Waals surface area (Å²) in [7, 11) is 0. The van der Waals surface area contributed by atoms with Crippen LogP contribution in [0.4, 0.5) is 0 Å². The summed E-state index contributed by atoms with van der Waals surface area (Å²) in [4.78, 5) is 11.5. The molecular weight excluding hydrogens is 218 g/mol. The lowest BCUT2D eigenvalue weighted by Gasteiger charge is -2.21. The Labute approximate surface area is 102 Å². The maximum absolute atomic E-state index is 11.5. The molecule has 1 atom stereocenters. The first-order valence-corrected chi connectivity index (χ1v) is 5.92. The van der Waals surface area contributed by atoms with Crippen molar-refractivity contribution in [3.8, 4) is 0 Å². The Bertz CT molecular complexity index is 372. The number of ether oxygens (including phenoxy) is 1. The molecule has 0 aliphatic rings. The highest BCUT2D eigenvalue weighted by molar-refractivity contribution is 5.79. The topological polar surface area (TPSA) is 70.1 Å². The monoisotopic (exact) mass is 239 g/mol. The molecule has 0 saturated heterocycles. The molecule has 1 aromatic heterocycles. The predicted molar refractivity (Wildman–Crippen MR) is 65.4 cm³/mol. The average Bonchev–Trinajstić information content (AvgIpc) is 2.64. The van der Waals surface area contributed by atoms with Crippen LogP contribution in [0.5, 0.6) is 0 Å². The highest BCUT2D eigenvalue weighted by Gasteiger charge is 2.29. The molecule has 0 amide bonds. The van der Waals surface area contributed by atoms with Gasteiger partial charge in [0.05, 0.1) is 12.3 Å². The third-order valence-electron chi connectivity index (χ3n) is 2.60. The first kappa shape index (κ1) is 13.7. The van der Waals surface area contributed by atoms with Crippen LogP contribution in [0.2, 0.25) is 0 Å². The van der Waals surface area contributed by atoms with E-state index < -0.39 is 5.54 Å². The number of nitrogens with zero attached hydrogens (tertiary/aromatic N) is 2. The summed E-state index contributed by atoms with van der Waals surface area (Å²) in [5, 5.41) is 4.27. The second-order valence-electron chi connectivity index (χ2n) is 4.46. The van der Waals surface area contributed by atoms with Crippen molar-refractivity contribution in [2.24, 2.45) is 5.73 Å². The van der Waals surface area contributed by atoms with Gasteiger partial charge in [-0.1, -0.05) is 0 Å². The molecule has 5 heteroatoms. The molecule has 1 heterocycles. The van der Waals surface area contributed by atoms with Gasteiger partial charge in [-0.05, 0) is 39.7 Å². The van der Waals surface area contributed by atoms with Gasteiger partial charge in [-0.15, -0.1) is 0 Å². The van der Waals surface area contributed by atoms with Crippen molar-refractivity contribution >= 4 is 5.97 Å². The molecule has 1 unspecified atom stereocenters. The maximum atomic E-state index is 11.5. The van der Waals surface area contributed by atoms with Crippen LogP contribution in [0.25, 0.3) is 0 Å². The highest BCUT2D eigenvalue weighted by atomic mass is 16.5. The van der Waals surface area contributed by atoms with E-state index in [2.05, 4.69) is 5.10 Å². The van der Waals surface area contributed by atoms with Crippen LogP contribution in [0.1, 0.15) is 32.4 Å². The van der Waals surface area contributed by atoms with Gasteiger partial charge in [0.25, 0.3) is 0 Å². The van der Waals surface area contributed by atoms with E-state index in [1.54, 1.807) is 13.8 Å². The van der Waals surface area contributed by atoms with Gasteiger partial charge in [-0.2, -0.15) is 5.10 Å². The predicted octanol–water partition coefficient (Wildman–Crippen LogP) is 1.25. The maximum Gasteiger partial charge on any atom is 0.325 e. The number of aryl methyl sites for hydroxylation is 2. The zero-order valence-corrected chi connectivity index (χ0v) is 10.8. The molecule has 1 aromatic rings. The molecule has 0 radical (unpaired) electrons. The molecule has 0 aliphatic heterocycles. The van der Waals surface area contributed by atoms with Crippen molar-refractivity contribution in [3.05, 3.63) is 18.0 Å². The fourth-order valence-corrected chi connectivity index (χ4v) is 1.59. The van der Waals surface area contributed by atoms with Crippen LogP contribution in [0, 0.1) is 6.92 Å². The second kappa shape index (κ2) is 5.82. The Kier molecular flexibility index (Phi) is 4.69. The standard InChI is InChI=1S/C12H21N3O2/c1-4-17-11(16)12(3,13)7-5-8-15-9-6-10(2)14-15/h6,9H,4-5,7-8,13H2,1-3H3. The average molecular weight is 239 g/mol. The molecule has 0 bridgehead atoms. The van der Waals surface area contributed by atoms with Gasteiger partial charge in [-0.25, -0.2) is 0 Å². The fraction of sp³-hybridized carbons (Fsp3) is 0.667. The summed E-state index contributed by atoms with van der Waals surface area (Å²) in [6, 6.07) is 1.95. The van der Waals surface area contributed by atoms with Crippen LogP contribution in [-0.2, 0) is 16.1 Å². The molecule has 96 valence electrons. The SMILES string of the molecule is CCOC(=O)C(C)(N)CCCn1ccc(C)n1. The van der Waals surface area contributed by atoms with E-state index in [-0.39, 0.29) is 5.97 Å². The van der Waals surface area contributed by atoms with E-state index in [1.807, 2.05) is 23.9 Å². The fourth-order valence-electron chi connectivity index (χ4n) is 1.59. The summed E-state index contributed by atoms with van der Waals surface area (Å²) in [6.07, 6.45) is 3.31. The Morgan fingerprint density at radius 1 is 1.65 bits per heavy atom. The number of carbonyl (C=O) groups is 1. The van der Waals surface area contributed by atoms with E-state index in [4.69, 9.17) is 10.5 Å². The van der Waals surface area contributed by atoms with Crippen molar-refractivity contribution in [3.63, 3.8) is 0 Å². The van der Waals surface area contributed by atoms with Crippen LogP contribution in [0.3, 0.4) is 0 Å². The number of hydrogen-bond donors (Lipinski definition) is 1. The largest absolute Gasteiger partial charge is 0.465 e. The van der Waals surface area contributed by atoms with Crippen LogP contribution >= 0.6 is 0 Å². The van der Waals surface area contributed by atoms with E-state index in [9.17, 15) is 4.79 Å². The van der Waals surface area contributed by atoms with Crippen molar-refractivity contribution in [2.75, 3.05) is 6.61 Å². The molecule has 0 spiro atoms. The first-order chi connectivity index (χ1) is 7.95. The normalized spacial score (nSPS) is 14.4. The third kappa shape index (κ3) is 4.19. The number of carbonyl (C=O) groups excluding carboxylic acids is 1. The summed E-state index contributed by atoms with van der Waals surface area (Å²) in [5.41, 5.74) is 6.00. The minimum absolute atomic E-state index is 0.336. The van der Waals surface area contributed by atoms with Gasteiger partial charge in [0.1, 0.15) is 5.54 Å². The Balaban J connectivity index is 2.37. The number of esters is 1. The molecule has 2 N–H and O–H groups in total. The van der Waals surface area contributed by atoms with Crippen LogP contribution < -0.4 is 5.73 Å². The third-order valence-corrected chi connectivity index (χ3v) is 2.60. The van der Waals surface area contributed by atoms with Crippen molar-refractivity contribution in [1.29, 1.82) is 0 Å². The minimum Gasteiger partial charge on any atom is -0.465 e. The summed E-state index contributed by atoms with van der Waals surface area (Å²) < 4.78 is 6.78. The zero-order valence-electron chi connectivity index (χ0n) is 10.8. The highest BCUT2D eigenvalue weighted by Crippen LogP contribution is 2.12. The lowest BCUT2D eigenvalue weighted by Crippen LogP contribution is -2.46. The molecule has 0 saturated carbocycles. The van der Waals surface area contributed by atoms with Crippen LogP contribution in [0.15, 0.2) is 12.3 Å². The van der Waals surface area contributed by atoms with Crippen molar-refractivity contribution in [2.45, 2.75) is 45.7 Å². The molecule has 1 rings (SSSR count). The number of nitrogens with two attached hydrogens (primary N) is 1. The number of rotatable bonds is 6. The van der Waals surface area contributed by atoms with Crippen molar-refractivity contribution in [1.82, 2.24) is 9.78 Å². The van der Waals surface area contributed by atoms with Gasteiger partial charge in [0, 0.05) is 12.7 Å². The second-order valence-corrected chi connectivity index (χ2v) is 4.46. The van der Waals surface area contributed by atoms with Gasteiger partial charge in [-0.3, -0.25) is 9.48 Å². The Hall–Kier alpha value is -1.36.